The highest BCUT2D eigenvalue weighted by molar-refractivity contribution is 5.70. The van der Waals surface area contributed by atoms with Crippen LogP contribution in [0.1, 0.15) is 20.8 Å². The number of rotatable bonds is 6. The first-order valence-electron chi connectivity index (χ1n) is 6.84. The lowest BCUT2D eigenvalue weighted by Gasteiger charge is -2.28. The molecule has 0 aromatic heterocycles. The lowest BCUT2D eigenvalue weighted by Crippen LogP contribution is -2.34. The van der Waals surface area contributed by atoms with Crippen molar-refractivity contribution in [2.45, 2.75) is 20.8 Å². The van der Waals surface area contributed by atoms with Gasteiger partial charge in [0.2, 0.25) is 6.79 Å². The molecular weight excluding hydrogens is 258 g/mol. The molecule has 1 atom stereocenters. The highest BCUT2D eigenvalue weighted by atomic mass is 16.7. The SMILES string of the molecule is CC(C)CN(CC(C)C(=O)O)c1ccc2c(c1)OCO2. The number of ether oxygens (including phenoxy) is 2. The van der Waals surface area contributed by atoms with Crippen LogP contribution in [0.15, 0.2) is 18.2 Å². The third kappa shape index (κ3) is 3.35. The summed E-state index contributed by atoms with van der Waals surface area (Å²) in [7, 11) is 0. The zero-order valence-corrected chi connectivity index (χ0v) is 12.1. The number of carboxylic acid groups (broad SMARTS) is 1. The molecule has 1 aromatic carbocycles. The van der Waals surface area contributed by atoms with Crippen LogP contribution in [-0.4, -0.2) is 31.0 Å². The topological polar surface area (TPSA) is 59.0 Å². The van der Waals surface area contributed by atoms with Crippen LogP contribution in [0, 0.1) is 11.8 Å². The average molecular weight is 279 g/mol. The van der Waals surface area contributed by atoms with Crippen LogP contribution < -0.4 is 14.4 Å². The van der Waals surface area contributed by atoms with Crippen LogP contribution in [0.25, 0.3) is 0 Å². The first kappa shape index (κ1) is 14.5. The van der Waals surface area contributed by atoms with Gasteiger partial charge in [-0.15, -0.1) is 0 Å². The van der Waals surface area contributed by atoms with Crippen LogP contribution in [0.5, 0.6) is 11.5 Å². The summed E-state index contributed by atoms with van der Waals surface area (Å²) >= 11 is 0. The van der Waals surface area contributed by atoms with Crippen molar-refractivity contribution in [3.05, 3.63) is 18.2 Å². The summed E-state index contributed by atoms with van der Waals surface area (Å²) in [6.07, 6.45) is 0. The predicted molar refractivity (Wildman–Crippen MR) is 76.4 cm³/mol. The number of carboxylic acids is 1. The lowest BCUT2D eigenvalue weighted by molar-refractivity contribution is -0.140. The van der Waals surface area contributed by atoms with Gasteiger partial charge in [0.25, 0.3) is 0 Å². The van der Waals surface area contributed by atoms with Crippen molar-refractivity contribution in [3.8, 4) is 11.5 Å². The molecule has 1 aliphatic rings. The quantitative estimate of drug-likeness (QED) is 0.867. The Balaban J connectivity index is 2.19. The van der Waals surface area contributed by atoms with Crippen molar-refractivity contribution in [2.24, 2.45) is 11.8 Å². The van der Waals surface area contributed by atoms with Crippen molar-refractivity contribution in [1.82, 2.24) is 0 Å². The van der Waals surface area contributed by atoms with E-state index in [9.17, 15) is 4.79 Å². The Morgan fingerprint density at radius 3 is 2.60 bits per heavy atom. The van der Waals surface area contributed by atoms with Gasteiger partial charge in [-0.25, -0.2) is 0 Å². The van der Waals surface area contributed by atoms with E-state index in [1.165, 1.54) is 0 Å². The maximum absolute atomic E-state index is 11.1. The Morgan fingerprint density at radius 1 is 1.25 bits per heavy atom. The molecule has 0 spiro atoms. The summed E-state index contributed by atoms with van der Waals surface area (Å²) in [6.45, 7) is 7.48. The molecule has 1 aliphatic heterocycles. The molecule has 0 saturated heterocycles. The molecule has 1 unspecified atom stereocenters. The number of hydrogen-bond acceptors (Lipinski definition) is 4. The third-order valence-electron chi connectivity index (χ3n) is 3.22. The highest BCUT2D eigenvalue weighted by Gasteiger charge is 2.20. The van der Waals surface area contributed by atoms with Gasteiger partial charge in [0.15, 0.2) is 11.5 Å². The van der Waals surface area contributed by atoms with Crippen LogP contribution in [0.2, 0.25) is 0 Å². The summed E-state index contributed by atoms with van der Waals surface area (Å²) in [6, 6.07) is 5.74. The van der Waals surface area contributed by atoms with Crippen molar-refractivity contribution < 1.29 is 19.4 Å². The minimum absolute atomic E-state index is 0.245. The van der Waals surface area contributed by atoms with Gasteiger partial charge in [-0.3, -0.25) is 4.79 Å². The molecule has 2 rings (SSSR count). The number of carbonyl (C=O) groups is 1. The minimum atomic E-state index is -0.778. The maximum atomic E-state index is 11.1. The first-order chi connectivity index (χ1) is 9.47. The maximum Gasteiger partial charge on any atom is 0.308 e. The van der Waals surface area contributed by atoms with Crippen molar-refractivity contribution in [2.75, 3.05) is 24.8 Å². The Labute approximate surface area is 119 Å². The fourth-order valence-corrected chi connectivity index (χ4v) is 2.22. The van der Waals surface area contributed by atoms with E-state index in [1.54, 1.807) is 6.92 Å². The number of hydrogen-bond donors (Lipinski definition) is 1. The Kier molecular flexibility index (Phi) is 4.37. The summed E-state index contributed by atoms with van der Waals surface area (Å²) in [5.74, 6) is 0.712. The number of anilines is 1. The van der Waals surface area contributed by atoms with E-state index in [0.717, 1.165) is 23.7 Å². The van der Waals surface area contributed by atoms with E-state index >= 15 is 0 Å². The molecule has 110 valence electrons. The van der Waals surface area contributed by atoms with Gasteiger partial charge in [-0.2, -0.15) is 0 Å². The monoisotopic (exact) mass is 279 g/mol. The van der Waals surface area contributed by atoms with Gasteiger partial charge in [0.1, 0.15) is 0 Å². The summed E-state index contributed by atoms with van der Waals surface area (Å²) in [5, 5.41) is 9.10. The van der Waals surface area contributed by atoms with Crippen molar-refractivity contribution in [1.29, 1.82) is 0 Å². The molecule has 0 radical (unpaired) electrons. The van der Waals surface area contributed by atoms with Gasteiger partial charge in [0, 0.05) is 24.8 Å². The van der Waals surface area contributed by atoms with Gasteiger partial charge >= 0.3 is 5.97 Å². The molecule has 1 heterocycles. The predicted octanol–water partition coefficient (Wildman–Crippen LogP) is 2.60. The Bertz CT molecular complexity index is 487. The number of benzene rings is 1. The zero-order valence-electron chi connectivity index (χ0n) is 12.1. The van der Waals surface area contributed by atoms with Gasteiger partial charge in [-0.05, 0) is 18.1 Å². The third-order valence-corrected chi connectivity index (χ3v) is 3.22. The van der Waals surface area contributed by atoms with Crippen LogP contribution in [0.4, 0.5) is 5.69 Å². The first-order valence-corrected chi connectivity index (χ1v) is 6.84. The zero-order chi connectivity index (χ0) is 14.7. The van der Waals surface area contributed by atoms with E-state index in [1.807, 2.05) is 18.2 Å². The van der Waals surface area contributed by atoms with Crippen LogP contribution >= 0.6 is 0 Å². The van der Waals surface area contributed by atoms with Crippen LogP contribution in [0.3, 0.4) is 0 Å². The largest absolute Gasteiger partial charge is 0.481 e. The molecule has 0 amide bonds. The molecule has 20 heavy (non-hydrogen) atoms. The van der Waals surface area contributed by atoms with Gasteiger partial charge in [-0.1, -0.05) is 20.8 Å². The fourth-order valence-electron chi connectivity index (χ4n) is 2.22. The molecule has 5 nitrogen and oxygen atoms in total. The Hall–Kier alpha value is -1.91. The smallest absolute Gasteiger partial charge is 0.308 e. The molecule has 5 heteroatoms. The minimum Gasteiger partial charge on any atom is -0.481 e. The molecule has 1 aromatic rings. The molecule has 0 saturated carbocycles. The molecule has 1 N–H and O–H groups in total. The molecule has 0 bridgehead atoms. The molecule has 0 fully saturated rings. The second-order valence-corrected chi connectivity index (χ2v) is 5.58. The average Bonchev–Trinajstić information content (AvgIpc) is 2.84. The van der Waals surface area contributed by atoms with Crippen LogP contribution in [-0.2, 0) is 4.79 Å². The Morgan fingerprint density at radius 2 is 1.95 bits per heavy atom. The van der Waals surface area contributed by atoms with Crippen molar-refractivity contribution in [3.63, 3.8) is 0 Å². The summed E-state index contributed by atoms with van der Waals surface area (Å²) in [5.41, 5.74) is 0.969. The molecule has 0 aliphatic carbocycles. The second-order valence-electron chi connectivity index (χ2n) is 5.58. The normalized spacial score (nSPS) is 14.4. The summed E-state index contributed by atoms with van der Waals surface area (Å²) in [4.78, 5) is 13.2. The van der Waals surface area contributed by atoms with Gasteiger partial charge in [0.05, 0.1) is 5.92 Å². The van der Waals surface area contributed by atoms with Crippen molar-refractivity contribution >= 4 is 11.7 Å². The van der Waals surface area contributed by atoms with E-state index in [0.29, 0.717) is 12.5 Å². The highest BCUT2D eigenvalue weighted by Crippen LogP contribution is 2.35. The van der Waals surface area contributed by atoms with E-state index in [2.05, 4.69) is 18.7 Å². The van der Waals surface area contributed by atoms with E-state index in [4.69, 9.17) is 14.6 Å². The van der Waals surface area contributed by atoms with E-state index < -0.39 is 11.9 Å². The summed E-state index contributed by atoms with van der Waals surface area (Å²) < 4.78 is 10.7. The molecular formula is C15H21NO4. The number of fused-ring (bicyclic) bond motifs is 1. The van der Waals surface area contributed by atoms with E-state index in [-0.39, 0.29) is 6.79 Å². The van der Waals surface area contributed by atoms with Gasteiger partial charge < -0.3 is 19.5 Å². The second kappa shape index (κ2) is 6.03. The number of nitrogens with zero attached hydrogens (tertiary/aromatic N) is 1. The number of aliphatic carboxylic acids is 1. The standard InChI is InChI=1S/C15H21NO4/c1-10(2)7-16(8-11(3)15(17)18)12-4-5-13-14(6-12)20-9-19-13/h4-6,10-11H,7-9H2,1-3H3,(H,17,18). The lowest BCUT2D eigenvalue weighted by atomic mass is 10.1. The fraction of sp³-hybridized carbons (Fsp3) is 0.533.